The number of nitrogens with zero attached hydrogens (tertiary/aromatic N) is 1. The molecular formula is C18H25NO2. The van der Waals surface area contributed by atoms with E-state index in [1.54, 1.807) is 7.11 Å². The zero-order valence-electron chi connectivity index (χ0n) is 12.9. The third-order valence-corrected chi connectivity index (χ3v) is 4.17. The average molecular weight is 287 g/mol. The first-order chi connectivity index (χ1) is 10.2. The molecule has 1 amide bonds. The van der Waals surface area contributed by atoms with Crippen LogP contribution in [0.4, 0.5) is 0 Å². The third kappa shape index (κ3) is 4.35. The van der Waals surface area contributed by atoms with Crippen molar-refractivity contribution >= 4 is 5.91 Å². The number of likely N-dealkylation sites (tertiary alicyclic amines) is 1. The Kier molecular flexibility index (Phi) is 5.85. The Balaban J connectivity index is 2.04. The van der Waals surface area contributed by atoms with Crippen LogP contribution in [-0.4, -0.2) is 31.0 Å². The molecule has 0 aromatic heterocycles. The molecule has 114 valence electrons. The highest BCUT2D eigenvalue weighted by atomic mass is 16.5. The molecule has 3 heteroatoms. The van der Waals surface area contributed by atoms with Gasteiger partial charge < -0.3 is 9.64 Å². The van der Waals surface area contributed by atoms with Crippen molar-refractivity contribution in [3.63, 3.8) is 0 Å². The van der Waals surface area contributed by atoms with Crippen LogP contribution in [0.1, 0.15) is 43.6 Å². The summed E-state index contributed by atoms with van der Waals surface area (Å²) in [6, 6.07) is 8.26. The Hall–Kier alpha value is -1.77. The van der Waals surface area contributed by atoms with Gasteiger partial charge in [-0.15, -0.1) is 6.58 Å². The van der Waals surface area contributed by atoms with E-state index in [0.29, 0.717) is 12.3 Å². The van der Waals surface area contributed by atoms with Crippen molar-refractivity contribution < 1.29 is 9.53 Å². The van der Waals surface area contributed by atoms with Gasteiger partial charge in [-0.05, 0) is 37.0 Å². The number of methoxy groups -OCH3 is 1. The lowest BCUT2D eigenvalue weighted by Crippen LogP contribution is -2.33. The molecule has 21 heavy (non-hydrogen) atoms. The Bertz CT molecular complexity index is 467. The lowest BCUT2D eigenvalue weighted by Gasteiger charge is -2.25. The molecular weight excluding hydrogens is 262 g/mol. The Labute approximate surface area is 127 Å². The van der Waals surface area contributed by atoms with Crippen LogP contribution < -0.4 is 4.74 Å². The van der Waals surface area contributed by atoms with E-state index in [1.165, 1.54) is 12.0 Å². The van der Waals surface area contributed by atoms with Gasteiger partial charge in [-0.1, -0.05) is 24.6 Å². The van der Waals surface area contributed by atoms with Crippen molar-refractivity contribution in [2.24, 2.45) is 0 Å². The molecule has 2 rings (SSSR count). The van der Waals surface area contributed by atoms with Crippen LogP contribution in [0.5, 0.6) is 5.75 Å². The number of ether oxygens (including phenoxy) is 1. The molecule has 0 N–H and O–H groups in total. The molecule has 1 atom stereocenters. The molecule has 1 aliphatic heterocycles. The smallest absolute Gasteiger partial charge is 0.222 e. The fourth-order valence-corrected chi connectivity index (χ4v) is 2.90. The first-order valence-electron chi connectivity index (χ1n) is 7.77. The second kappa shape index (κ2) is 7.87. The summed E-state index contributed by atoms with van der Waals surface area (Å²) in [5.74, 6) is 1.58. The van der Waals surface area contributed by atoms with Gasteiger partial charge in [0.25, 0.3) is 0 Å². The van der Waals surface area contributed by atoms with E-state index in [2.05, 4.69) is 18.7 Å². The SMILES string of the molecule is C=CCCC(=O)N1CCCCC(c2ccc(OC)cc2)C1. The first kappa shape index (κ1) is 15.6. The van der Waals surface area contributed by atoms with Crippen molar-refractivity contribution in [2.45, 2.75) is 38.0 Å². The van der Waals surface area contributed by atoms with Gasteiger partial charge in [0.05, 0.1) is 7.11 Å². The highest BCUT2D eigenvalue weighted by Crippen LogP contribution is 2.28. The van der Waals surface area contributed by atoms with E-state index in [-0.39, 0.29) is 5.91 Å². The molecule has 3 nitrogen and oxygen atoms in total. The summed E-state index contributed by atoms with van der Waals surface area (Å²) in [6.07, 6.45) is 6.60. The predicted molar refractivity (Wildman–Crippen MR) is 85.6 cm³/mol. The summed E-state index contributed by atoms with van der Waals surface area (Å²) < 4.78 is 5.21. The Morgan fingerprint density at radius 1 is 1.38 bits per heavy atom. The van der Waals surface area contributed by atoms with E-state index in [4.69, 9.17) is 4.74 Å². The molecule has 1 aromatic carbocycles. The quantitative estimate of drug-likeness (QED) is 0.772. The minimum absolute atomic E-state index is 0.260. The van der Waals surface area contributed by atoms with E-state index in [9.17, 15) is 4.79 Å². The van der Waals surface area contributed by atoms with Gasteiger partial charge in [-0.2, -0.15) is 0 Å². The topological polar surface area (TPSA) is 29.5 Å². The summed E-state index contributed by atoms with van der Waals surface area (Å²) in [4.78, 5) is 14.3. The van der Waals surface area contributed by atoms with Crippen LogP contribution in [0.2, 0.25) is 0 Å². The summed E-state index contributed by atoms with van der Waals surface area (Å²) in [5, 5.41) is 0. The number of benzene rings is 1. The highest BCUT2D eigenvalue weighted by Gasteiger charge is 2.22. The molecule has 1 heterocycles. The van der Waals surface area contributed by atoms with Gasteiger partial charge in [0.1, 0.15) is 5.75 Å². The number of carbonyl (C=O) groups is 1. The number of allylic oxidation sites excluding steroid dienone is 1. The van der Waals surface area contributed by atoms with Crippen molar-refractivity contribution in [3.05, 3.63) is 42.5 Å². The van der Waals surface area contributed by atoms with Crippen LogP contribution in [0, 0.1) is 0 Å². The fraction of sp³-hybridized carbons (Fsp3) is 0.500. The molecule has 1 saturated heterocycles. The van der Waals surface area contributed by atoms with Crippen LogP contribution in [0.3, 0.4) is 0 Å². The molecule has 1 unspecified atom stereocenters. The number of carbonyl (C=O) groups excluding carboxylic acids is 1. The minimum atomic E-state index is 0.260. The number of amides is 1. The summed E-state index contributed by atoms with van der Waals surface area (Å²) in [6.45, 7) is 5.42. The van der Waals surface area contributed by atoms with E-state index in [0.717, 1.165) is 38.1 Å². The van der Waals surface area contributed by atoms with Crippen molar-refractivity contribution in [1.29, 1.82) is 0 Å². The second-order valence-corrected chi connectivity index (χ2v) is 5.63. The molecule has 1 aromatic rings. The number of hydrogen-bond acceptors (Lipinski definition) is 2. The largest absolute Gasteiger partial charge is 0.497 e. The first-order valence-corrected chi connectivity index (χ1v) is 7.77. The predicted octanol–water partition coefficient (Wildman–Crippen LogP) is 3.76. The van der Waals surface area contributed by atoms with Crippen molar-refractivity contribution in [3.8, 4) is 5.75 Å². The fourth-order valence-electron chi connectivity index (χ4n) is 2.90. The van der Waals surface area contributed by atoms with E-state index < -0.39 is 0 Å². The molecule has 0 spiro atoms. The van der Waals surface area contributed by atoms with Gasteiger partial charge in [-0.25, -0.2) is 0 Å². The van der Waals surface area contributed by atoms with Gasteiger partial charge >= 0.3 is 0 Å². The zero-order valence-corrected chi connectivity index (χ0v) is 12.9. The van der Waals surface area contributed by atoms with E-state index in [1.807, 2.05) is 23.1 Å². The summed E-state index contributed by atoms with van der Waals surface area (Å²) in [7, 11) is 1.68. The lowest BCUT2D eigenvalue weighted by molar-refractivity contribution is -0.131. The zero-order chi connectivity index (χ0) is 15.1. The molecule has 1 aliphatic rings. The van der Waals surface area contributed by atoms with Gasteiger partial charge in [0.15, 0.2) is 0 Å². The molecule has 0 bridgehead atoms. The van der Waals surface area contributed by atoms with Crippen LogP contribution in [0.15, 0.2) is 36.9 Å². The van der Waals surface area contributed by atoms with Gasteiger partial charge in [-0.3, -0.25) is 4.79 Å². The van der Waals surface area contributed by atoms with E-state index >= 15 is 0 Å². The van der Waals surface area contributed by atoms with Gasteiger partial charge in [0.2, 0.25) is 5.91 Å². The standard InChI is InChI=1S/C18H25NO2/c1-3-4-8-18(20)19-13-6-5-7-16(14-19)15-9-11-17(21-2)12-10-15/h3,9-12,16H,1,4-8,13-14H2,2H3. The maximum absolute atomic E-state index is 12.2. The average Bonchev–Trinajstić information content (AvgIpc) is 2.79. The van der Waals surface area contributed by atoms with Crippen molar-refractivity contribution in [1.82, 2.24) is 4.90 Å². The minimum Gasteiger partial charge on any atom is -0.497 e. The second-order valence-electron chi connectivity index (χ2n) is 5.63. The van der Waals surface area contributed by atoms with Gasteiger partial charge in [0, 0.05) is 25.4 Å². The summed E-state index contributed by atoms with van der Waals surface area (Å²) >= 11 is 0. The summed E-state index contributed by atoms with van der Waals surface area (Å²) in [5.41, 5.74) is 1.30. The highest BCUT2D eigenvalue weighted by molar-refractivity contribution is 5.76. The maximum Gasteiger partial charge on any atom is 0.222 e. The lowest BCUT2D eigenvalue weighted by atomic mass is 9.94. The Morgan fingerprint density at radius 3 is 2.81 bits per heavy atom. The van der Waals surface area contributed by atoms with Crippen LogP contribution >= 0.6 is 0 Å². The van der Waals surface area contributed by atoms with Crippen LogP contribution in [0.25, 0.3) is 0 Å². The molecule has 1 fully saturated rings. The molecule has 0 aliphatic carbocycles. The Morgan fingerprint density at radius 2 is 2.14 bits per heavy atom. The van der Waals surface area contributed by atoms with Crippen LogP contribution in [-0.2, 0) is 4.79 Å². The number of rotatable bonds is 5. The molecule has 0 radical (unpaired) electrons. The maximum atomic E-state index is 12.2. The monoisotopic (exact) mass is 287 g/mol. The normalized spacial score (nSPS) is 18.9. The third-order valence-electron chi connectivity index (χ3n) is 4.17. The molecule has 0 saturated carbocycles. The van der Waals surface area contributed by atoms with Crippen molar-refractivity contribution in [2.75, 3.05) is 20.2 Å². The number of hydrogen-bond donors (Lipinski definition) is 0.